The highest BCUT2D eigenvalue weighted by Crippen LogP contribution is 2.11. The van der Waals surface area contributed by atoms with Crippen molar-refractivity contribution in [1.29, 1.82) is 0 Å². The van der Waals surface area contributed by atoms with Crippen LogP contribution in [0.2, 0.25) is 0 Å². The first-order valence-corrected chi connectivity index (χ1v) is 8.42. The number of carbonyl (C=O) groups excluding carboxylic acids is 4. The topological polar surface area (TPSA) is 102 Å². The minimum atomic E-state index is -1.12. The van der Waals surface area contributed by atoms with E-state index in [1.54, 1.807) is 24.3 Å². The van der Waals surface area contributed by atoms with E-state index in [4.69, 9.17) is 4.74 Å². The van der Waals surface area contributed by atoms with Gasteiger partial charge < -0.3 is 15.4 Å². The molecule has 0 unspecified atom stereocenters. The van der Waals surface area contributed by atoms with Crippen LogP contribution in [0.4, 0.5) is 10.1 Å². The van der Waals surface area contributed by atoms with Crippen molar-refractivity contribution in [2.75, 3.05) is 11.9 Å². The molecule has 2 N–H and O–H groups in total. The largest absolute Gasteiger partial charge is 0.451 e. The summed E-state index contributed by atoms with van der Waals surface area (Å²) >= 11 is 0. The van der Waals surface area contributed by atoms with Crippen LogP contribution in [0.25, 0.3) is 0 Å². The smallest absolute Gasteiger partial charge is 0.326 e. The van der Waals surface area contributed by atoms with Gasteiger partial charge in [-0.1, -0.05) is 12.1 Å². The first-order chi connectivity index (χ1) is 13.3. The zero-order valence-corrected chi connectivity index (χ0v) is 15.3. The quantitative estimate of drug-likeness (QED) is 0.562. The first-order valence-electron chi connectivity index (χ1n) is 8.42. The maximum Gasteiger partial charge on any atom is 0.326 e. The Bertz CT molecular complexity index is 896. The molecular weight excluding hydrogens is 367 g/mol. The van der Waals surface area contributed by atoms with E-state index in [2.05, 4.69) is 10.6 Å². The fraction of sp³-hybridized carbons (Fsp3) is 0.200. The van der Waals surface area contributed by atoms with Crippen molar-refractivity contribution in [2.45, 2.75) is 20.0 Å². The van der Waals surface area contributed by atoms with Crippen molar-refractivity contribution >= 4 is 29.3 Å². The summed E-state index contributed by atoms with van der Waals surface area (Å²) in [5.74, 6) is -3.00. The highest BCUT2D eigenvalue weighted by molar-refractivity contribution is 5.98. The van der Waals surface area contributed by atoms with Crippen molar-refractivity contribution in [3.05, 3.63) is 65.5 Å². The molecule has 0 aromatic heterocycles. The van der Waals surface area contributed by atoms with Crippen LogP contribution < -0.4 is 10.6 Å². The predicted molar refractivity (Wildman–Crippen MR) is 99.4 cm³/mol. The molecule has 8 heteroatoms. The molecular formula is C20H19FN2O5. The second-order valence-electron chi connectivity index (χ2n) is 5.92. The Labute approximate surface area is 160 Å². The number of amides is 2. The third-order valence-electron chi connectivity index (χ3n) is 3.75. The van der Waals surface area contributed by atoms with Gasteiger partial charge in [0.1, 0.15) is 12.4 Å². The molecule has 0 spiro atoms. The number of nitrogens with one attached hydrogen (secondary N) is 2. The lowest BCUT2D eigenvalue weighted by atomic mass is 10.1. The maximum atomic E-state index is 13.5. The Hall–Kier alpha value is -3.55. The van der Waals surface area contributed by atoms with Crippen LogP contribution in [0.1, 0.15) is 34.6 Å². The van der Waals surface area contributed by atoms with Crippen molar-refractivity contribution < 1.29 is 28.3 Å². The molecule has 0 saturated heterocycles. The molecule has 2 aromatic carbocycles. The summed E-state index contributed by atoms with van der Waals surface area (Å²) in [6.45, 7) is 2.29. The van der Waals surface area contributed by atoms with Crippen molar-refractivity contribution in [3.63, 3.8) is 0 Å². The molecule has 2 aromatic rings. The van der Waals surface area contributed by atoms with Gasteiger partial charge in [0.05, 0.1) is 5.56 Å². The minimum Gasteiger partial charge on any atom is -0.451 e. The van der Waals surface area contributed by atoms with Gasteiger partial charge in [-0.05, 0) is 50.2 Å². The Morgan fingerprint density at radius 3 is 2.29 bits per heavy atom. The molecule has 2 amide bonds. The standard InChI is InChI=1S/C20H19FN2O5/c1-12(24)14-7-9-15(10-8-14)23-19(26)13(2)28-18(25)11-22-20(27)16-5-3-4-6-17(16)21/h3-10,13H,11H2,1-2H3,(H,22,27)(H,23,26)/t13-/m0/s1. The van der Waals surface area contributed by atoms with Crippen molar-refractivity contribution in [1.82, 2.24) is 5.32 Å². The lowest BCUT2D eigenvalue weighted by Gasteiger charge is -2.14. The zero-order chi connectivity index (χ0) is 20.7. The number of halogens is 1. The highest BCUT2D eigenvalue weighted by Gasteiger charge is 2.19. The third kappa shape index (κ3) is 5.73. The summed E-state index contributed by atoms with van der Waals surface area (Å²) in [5, 5.41) is 4.78. The predicted octanol–water partition coefficient (Wildman–Crippen LogP) is 2.33. The fourth-order valence-electron chi connectivity index (χ4n) is 2.22. The van der Waals surface area contributed by atoms with E-state index >= 15 is 0 Å². The van der Waals surface area contributed by atoms with Gasteiger partial charge in [-0.3, -0.25) is 19.2 Å². The maximum absolute atomic E-state index is 13.5. The SMILES string of the molecule is CC(=O)c1ccc(NC(=O)[C@H](C)OC(=O)CNC(=O)c2ccccc2F)cc1. The van der Waals surface area contributed by atoms with Gasteiger partial charge in [0, 0.05) is 11.3 Å². The van der Waals surface area contributed by atoms with E-state index in [1.165, 1.54) is 32.0 Å². The molecule has 1 atom stereocenters. The van der Waals surface area contributed by atoms with Crippen LogP contribution in [-0.4, -0.2) is 36.2 Å². The van der Waals surface area contributed by atoms with Crippen molar-refractivity contribution in [3.8, 4) is 0 Å². The van der Waals surface area contributed by atoms with Gasteiger partial charge in [-0.2, -0.15) is 0 Å². The average molecular weight is 386 g/mol. The first kappa shape index (κ1) is 20.8. The van der Waals surface area contributed by atoms with Crippen molar-refractivity contribution in [2.24, 2.45) is 0 Å². The Morgan fingerprint density at radius 2 is 1.68 bits per heavy atom. The van der Waals surface area contributed by atoms with E-state index < -0.39 is 36.2 Å². The molecule has 0 aliphatic heterocycles. The summed E-state index contributed by atoms with van der Waals surface area (Å²) in [6, 6.07) is 11.6. The molecule has 0 saturated carbocycles. The summed E-state index contributed by atoms with van der Waals surface area (Å²) in [7, 11) is 0. The molecule has 0 radical (unpaired) electrons. The summed E-state index contributed by atoms with van der Waals surface area (Å²) in [4.78, 5) is 47.0. The molecule has 28 heavy (non-hydrogen) atoms. The van der Waals surface area contributed by atoms with Gasteiger partial charge in [0.25, 0.3) is 11.8 Å². The van der Waals surface area contributed by atoms with Gasteiger partial charge >= 0.3 is 5.97 Å². The zero-order valence-electron chi connectivity index (χ0n) is 15.3. The van der Waals surface area contributed by atoms with Crippen LogP contribution in [0.15, 0.2) is 48.5 Å². The number of hydrogen-bond acceptors (Lipinski definition) is 5. The number of ether oxygens (including phenoxy) is 1. The molecule has 0 heterocycles. The Morgan fingerprint density at radius 1 is 1.04 bits per heavy atom. The normalized spacial score (nSPS) is 11.2. The van der Waals surface area contributed by atoms with Gasteiger partial charge in [-0.25, -0.2) is 4.39 Å². The Kier molecular flexibility index (Phi) is 6.97. The van der Waals surface area contributed by atoms with E-state index in [1.807, 2.05) is 0 Å². The molecule has 0 aliphatic rings. The second kappa shape index (κ2) is 9.40. The number of ketones is 1. The van der Waals surface area contributed by atoms with Gasteiger partial charge in [0.2, 0.25) is 0 Å². The van der Waals surface area contributed by atoms with Gasteiger partial charge in [0.15, 0.2) is 11.9 Å². The van der Waals surface area contributed by atoms with E-state index in [0.717, 1.165) is 6.07 Å². The molecule has 0 bridgehead atoms. The molecule has 0 aliphatic carbocycles. The number of esters is 1. The summed E-state index contributed by atoms with van der Waals surface area (Å²) in [6.07, 6.45) is -1.12. The molecule has 0 fully saturated rings. The number of carbonyl (C=O) groups is 4. The second-order valence-corrected chi connectivity index (χ2v) is 5.92. The van der Waals surface area contributed by atoms with E-state index in [9.17, 15) is 23.6 Å². The van der Waals surface area contributed by atoms with Crippen LogP contribution in [0.5, 0.6) is 0 Å². The molecule has 7 nitrogen and oxygen atoms in total. The highest BCUT2D eigenvalue weighted by atomic mass is 19.1. The Balaban J connectivity index is 1.82. The minimum absolute atomic E-state index is 0.0994. The molecule has 146 valence electrons. The number of Topliss-reactive ketones (excluding diaryl/α,β-unsaturated/α-hetero) is 1. The van der Waals surface area contributed by atoms with Gasteiger partial charge in [-0.15, -0.1) is 0 Å². The number of anilines is 1. The van der Waals surface area contributed by atoms with E-state index in [-0.39, 0.29) is 11.3 Å². The van der Waals surface area contributed by atoms with E-state index in [0.29, 0.717) is 11.3 Å². The van der Waals surface area contributed by atoms with Crippen LogP contribution >= 0.6 is 0 Å². The lowest BCUT2D eigenvalue weighted by molar-refractivity contribution is -0.152. The van der Waals surface area contributed by atoms with Crippen LogP contribution in [-0.2, 0) is 14.3 Å². The third-order valence-corrected chi connectivity index (χ3v) is 3.75. The average Bonchev–Trinajstić information content (AvgIpc) is 2.66. The van der Waals surface area contributed by atoms with Crippen LogP contribution in [0, 0.1) is 5.82 Å². The number of hydrogen-bond donors (Lipinski definition) is 2. The monoisotopic (exact) mass is 386 g/mol. The van der Waals surface area contributed by atoms with Crippen LogP contribution in [0.3, 0.4) is 0 Å². The number of benzene rings is 2. The fourth-order valence-corrected chi connectivity index (χ4v) is 2.22. The summed E-state index contributed by atoms with van der Waals surface area (Å²) in [5.41, 5.74) is 0.740. The number of rotatable bonds is 7. The summed E-state index contributed by atoms with van der Waals surface area (Å²) < 4.78 is 18.5. The molecule has 2 rings (SSSR count). The lowest BCUT2D eigenvalue weighted by Crippen LogP contribution is -2.36.